The first-order chi connectivity index (χ1) is 7.15. The van der Waals surface area contributed by atoms with Crippen molar-refractivity contribution in [2.75, 3.05) is 0 Å². The second-order valence-electron chi connectivity index (χ2n) is 4.36. The predicted octanol–water partition coefficient (Wildman–Crippen LogP) is 4.40. The summed E-state index contributed by atoms with van der Waals surface area (Å²) in [5.41, 5.74) is 0.845. The van der Waals surface area contributed by atoms with Crippen LogP contribution in [0.3, 0.4) is 0 Å². The van der Waals surface area contributed by atoms with Crippen molar-refractivity contribution in [1.82, 2.24) is 0 Å². The summed E-state index contributed by atoms with van der Waals surface area (Å²) in [7, 11) is 0. The first kappa shape index (κ1) is 12.2. The van der Waals surface area contributed by atoms with E-state index in [0.29, 0.717) is 5.92 Å². The molecule has 0 nitrogen and oxygen atoms in total. The number of hydrogen-bond donors (Lipinski definition) is 0. The van der Waals surface area contributed by atoms with Crippen molar-refractivity contribution in [3.63, 3.8) is 0 Å². The summed E-state index contributed by atoms with van der Waals surface area (Å²) in [6.45, 7) is 6.46. The highest BCUT2D eigenvalue weighted by molar-refractivity contribution is 5.18. The predicted molar refractivity (Wildman–Crippen MR) is 63.1 cm³/mol. The molecule has 1 heteroatoms. The largest absolute Gasteiger partial charge is 0.207 e. The molecule has 0 amide bonds. The molecule has 1 rings (SSSR count). The van der Waals surface area contributed by atoms with Gasteiger partial charge in [-0.2, -0.15) is 0 Å². The van der Waals surface area contributed by atoms with E-state index in [-0.39, 0.29) is 5.82 Å². The van der Waals surface area contributed by atoms with Gasteiger partial charge in [0.2, 0.25) is 0 Å². The molecular weight excluding hydrogens is 187 g/mol. The second-order valence-corrected chi connectivity index (χ2v) is 4.36. The average molecular weight is 207 g/mol. The fourth-order valence-electron chi connectivity index (χ4n) is 1.87. The fourth-order valence-corrected chi connectivity index (χ4v) is 1.87. The molecule has 0 aromatic heterocycles. The number of benzene rings is 1. The lowest BCUT2D eigenvalue weighted by Gasteiger charge is -2.20. The van der Waals surface area contributed by atoms with Gasteiger partial charge in [-0.25, -0.2) is 4.39 Å². The number of halogens is 1. The fraction of sp³-hybridized carbons (Fsp3) is 0.500. The van der Waals surface area contributed by atoms with Gasteiger partial charge in [-0.15, -0.1) is 0 Å². The van der Waals surface area contributed by atoms with Gasteiger partial charge < -0.3 is 0 Å². The molecular formula is C14H20F. The van der Waals surface area contributed by atoms with Crippen molar-refractivity contribution < 1.29 is 4.39 Å². The van der Waals surface area contributed by atoms with Gasteiger partial charge in [0, 0.05) is 0 Å². The Morgan fingerprint density at radius 3 is 2.47 bits per heavy atom. The molecule has 0 bridgehead atoms. The van der Waals surface area contributed by atoms with Crippen LogP contribution in [0.15, 0.2) is 24.3 Å². The summed E-state index contributed by atoms with van der Waals surface area (Å²) in [4.78, 5) is 0. The molecule has 0 fully saturated rings. The van der Waals surface area contributed by atoms with E-state index in [1.807, 2.05) is 12.1 Å². The van der Waals surface area contributed by atoms with Crippen molar-refractivity contribution in [1.29, 1.82) is 0 Å². The molecule has 0 heterocycles. The maximum atomic E-state index is 13.4. The maximum absolute atomic E-state index is 13.4. The Hall–Kier alpha value is -0.850. The molecule has 0 N–H and O–H groups in total. The van der Waals surface area contributed by atoms with Crippen LogP contribution in [0.25, 0.3) is 0 Å². The van der Waals surface area contributed by atoms with Gasteiger partial charge in [0.05, 0.1) is 0 Å². The van der Waals surface area contributed by atoms with Crippen LogP contribution in [-0.4, -0.2) is 0 Å². The van der Waals surface area contributed by atoms with Gasteiger partial charge in [-0.3, -0.25) is 0 Å². The smallest absolute Gasteiger partial charge is 0.126 e. The molecule has 0 saturated carbocycles. The second kappa shape index (κ2) is 5.89. The Morgan fingerprint density at radius 1 is 1.27 bits per heavy atom. The molecule has 0 saturated heterocycles. The van der Waals surface area contributed by atoms with Crippen LogP contribution < -0.4 is 0 Å². The Labute approximate surface area is 92.5 Å². The highest BCUT2D eigenvalue weighted by atomic mass is 19.1. The Kier molecular flexibility index (Phi) is 4.80. The highest BCUT2D eigenvalue weighted by Crippen LogP contribution is 2.24. The van der Waals surface area contributed by atoms with Crippen LogP contribution in [0.5, 0.6) is 0 Å². The first-order valence-electron chi connectivity index (χ1n) is 5.68. The highest BCUT2D eigenvalue weighted by Gasteiger charge is 2.15. The van der Waals surface area contributed by atoms with Crippen LogP contribution in [0.4, 0.5) is 4.39 Å². The molecule has 1 aromatic rings. The van der Waals surface area contributed by atoms with Crippen LogP contribution >= 0.6 is 0 Å². The minimum Gasteiger partial charge on any atom is -0.207 e. The maximum Gasteiger partial charge on any atom is 0.126 e. The van der Waals surface area contributed by atoms with Gasteiger partial charge in [0.1, 0.15) is 5.82 Å². The lowest BCUT2D eigenvalue weighted by Crippen LogP contribution is -2.11. The van der Waals surface area contributed by atoms with Crippen molar-refractivity contribution in [2.45, 2.75) is 40.0 Å². The minimum atomic E-state index is -0.0696. The van der Waals surface area contributed by atoms with E-state index >= 15 is 0 Å². The van der Waals surface area contributed by atoms with E-state index in [4.69, 9.17) is 0 Å². The molecule has 83 valence electrons. The SMILES string of the molecule is CCCC(Cc1ccccc1F)[C](C)C. The summed E-state index contributed by atoms with van der Waals surface area (Å²) in [6, 6.07) is 7.09. The molecule has 1 atom stereocenters. The van der Waals surface area contributed by atoms with E-state index in [1.165, 1.54) is 5.92 Å². The van der Waals surface area contributed by atoms with Crippen molar-refractivity contribution >= 4 is 0 Å². The summed E-state index contributed by atoms with van der Waals surface area (Å²) in [6.07, 6.45) is 3.14. The number of hydrogen-bond acceptors (Lipinski definition) is 0. The van der Waals surface area contributed by atoms with Gasteiger partial charge >= 0.3 is 0 Å². The van der Waals surface area contributed by atoms with E-state index in [2.05, 4.69) is 20.8 Å². The topological polar surface area (TPSA) is 0 Å². The zero-order valence-electron chi connectivity index (χ0n) is 9.89. The molecule has 15 heavy (non-hydrogen) atoms. The normalized spacial score (nSPS) is 13.1. The summed E-state index contributed by atoms with van der Waals surface area (Å²) < 4.78 is 13.4. The molecule has 0 aliphatic rings. The third-order valence-electron chi connectivity index (χ3n) is 2.88. The Morgan fingerprint density at radius 2 is 1.93 bits per heavy atom. The summed E-state index contributed by atoms with van der Waals surface area (Å²) in [5, 5.41) is 0. The van der Waals surface area contributed by atoms with Crippen molar-refractivity contribution in [3.05, 3.63) is 41.6 Å². The Bertz CT molecular complexity index is 291. The molecule has 1 unspecified atom stereocenters. The average Bonchev–Trinajstić information content (AvgIpc) is 2.20. The third-order valence-corrected chi connectivity index (χ3v) is 2.88. The molecule has 1 radical (unpaired) electrons. The van der Waals surface area contributed by atoms with E-state index in [0.717, 1.165) is 24.8 Å². The van der Waals surface area contributed by atoms with Gasteiger partial charge in [-0.1, -0.05) is 45.4 Å². The minimum absolute atomic E-state index is 0.0696. The molecule has 0 aliphatic carbocycles. The van der Waals surface area contributed by atoms with Gasteiger partial charge in [-0.05, 0) is 36.3 Å². The van der Waals surface area contributed by atoms with E-state index in [9.17, 15) is 4.39 Å². The standard InChI is InChI=1S/C14H20F/c1-4-7-12(11(2)3)10-13-8-5-6-9-14(13)15/h5-6,8-9,12H,4,7,10H2,1-3H3. The third kappa shape index (κ3) is 3.65. The van der Waals surface area contributed by atoms with Crippen LogP contribution in [0.2, 0.25) is 0 Å². The number of rotatable bonds is 5. The van der Waals surface area contributed by atoms with Crippen molar-refractivity contribution in [2.24, 2.45) is 5.92 Å². The monoisotopic (exact) mass is 207 g/mol. The quantitative estimate of drug-likeness (QED) is 0.671. The van der Waals surface area contributed by atoms with Crippen molar-refractivity contribution in [3.8, 4) is 0 Å². The summed E-state index contributed by atoms with van der Waals surface area (Å²) in [5.74, 6) is 1.85. The Balaban J connectivity index is 2.69. The zero-order valence-corrected chi connectivity index (χ0v) is 9.89. The molecule has 0 aliphatic heterocycles. The molecule has 1 aromatic carbocycles. The summed E-state index contributed by atoms with van der Waals surface area (Å²) >= 11 is 0. The zero-order chi connectivity index (χ0) is 11.3. The van der Waals surface area contributed by atoms with Crippen LogP contribution in [0, 0.1) is 17.7 Å². The van der Waals surface area contributed by atoms with Crippen LogP contribution in [-0.2, 0) is 6.42 Å². The lowest BCUT2D eigenvalue weighted by atomic mass is 9.86. The van der Waals surface area contributed by atoms with E-state index < -0.39 is 0 Å². The molecule has 0 spiro atoms. The van der Waals surface area contributed by atoms with Crippen LogP contribution in [0.1, 0.15) is 39.2 Å². The lowest BCUT2D eigenvalue weighted by molar-refractivity contribution is 0.481. The van der Waals surface area contributed by atoms with Gasteiger partial charge in [0.15, 0.2) is 0 Å². The van der Waals surface area contributed by atoms with E-state index in [1.54, 1.807) is 12.1 Å². The van der Waals surface area contributed by atoms with Gasteiger partial charge in [0.25, 0.3) is 0 Å². The first-order valence-corrected chi connectivity index (χ1v) is 5.68.